The number of anilines is 2. The molecule has 1 aromatic heterocycles. The van der Waals surface area contributed by atoms with Crippen LogP contribution in [0.4, 0.5) is 11.5 Å². The zero-order chi connectivity index (χ0) is 25.7. The van der Waals surface area contributed by atoms with E-state index in [-0.39, 0.29) is 18.9 Å². The lowest BCUT2D eigenvalue weighted by Crippen LogP contribution is -2.48. The molecule has 1 fully saturated rings. The summed E-state index contributed by atoms with van der Waals surface area (Å²) in [5.41, 5.74) is 1.34. The molecular weight excluding hydrogens is 551 g/mol. The maximum atomic E-state index is 12.5. The number of nitrogens with zero attached hydrogens (tertiary/aromatic N) is 3. The maximum absolute atomic E-state index is 12.5. The highest BCUT2D eigenvalue weighted by Gasteiger charge is 2.29. The van der Waals surface area contributed by atoms with Crippen molar-refractivity contribution in [1.29, 1.82) is 0 Å². The molecule has 3 aromatic rings. The third kappa shape index (κ3) is 6.42. The van der Waals surface area contributed by atoms with Crippen molar-refractivity contribution in [2.45, 2.75) is 12.5 Å². The van der Waals surface area contributed by atoms with E-state index in [9.17, 15) is 8.42 Å². The molecule has 0 bridgehead atoms. The zero-order valence-corrected chi connectivity index (χ0v) is 22.5. The lowest BCUT2D eigenvalue weighted by molar-refractivity contribution is -0.0252. The number of sulfonamides is 1. The van der Waals surface area contributed by atoms with E-state index in [0.29, 0.717) is 69.4 Å². The highest BCUT2D eigenvalue weighted by atomic mass is 35.5. The molecule has 0 amide bonds. The third-order valence-electron chi connectivity index (χ3n) is 5.56. The van der Waals surface area contributed by atoms with E-state index in [1.54, 1.807) is 30.3 Å². The van der Waals surface area contributed by atoms with Gasteiger partial charge < -0.3 is 19.5 Å². The average molecular weight is 576 g/mol. The van der Waals surface area contributed by atoms with Crippen LogP contribution in [0.2, 0.25) is 10.0 Å². The quantitative estimate of drug-likeness (QED) is 0.346. The number of fused-ring (bicyclic) bond motifs is 1. The fourth-order valence-corrected chi connectivity index (χ4v) is 5.84. The summed E-state index contributed by atoms with van der Waals surface area (Å²) >= 11 is 17.8. The van der Waals surface area contributed by atoms with Gasteiger partial charge in [-0.2, -0.15) is 4.31 Å². The molecule has 9 nitrogen and oxygen atoms in total. The predicted octanol–water partition coefficient (Wildman–Crippen LogP) is 4.73. The Balaban J connectivity index is 1.50. The van der Waals surface area contributed by atoms with E-state index in [0.717, 1.165) is 0 Å². The van der Waals surface area contributed by atoms with Crippen LogP contribution in [0.25, 0.3) is 10.9 Å². The largest absolute Gasteiger partial charge is 0.493 e. The highest BCUT2D eigenvalue weighted by Crippen LogP contribution is 2.35. The predicted molar refractivity (Wildman–Crippen MR) is 142 cm³/mol. The van der Waals surface area contributed by atoms with Crippen LogP contribution in [0.1, 0.15) is 6.42 Å². The van der Waals surface area contributed by atoms with Gasteiger partial charge in [-0.15, -0.1) is 11.6 Å². The zero-order valence-electron chi connectivity index (χ0n) is 19.4. The molecule has 2 aromatic carbocycles. The van der Waals surface area contributed by atoms with Gasteiger partial charge in [0.05, 0.1) is 35.0 Å². The summed E-state index contributed by atoms with van der Waals surface area (Å²) in [5.74, 6) is 1.79. The second-order valence-corrected chi connectivity index (χ2v) is 11.3. The molecule has 0 saturated carbocycles. The van der Waals surface area contributed by atoms with E-state index >= 15 is 0 Å². The van der Waals surface area contributed by atoms with Crippen molar-refractivity contribution in [1.82, 2.24) is 14.3 Å². The smallest absolute Gasteiger partial charge is 0.214 e. The van der Waals surface area contributed by atoms with Gasteiger partial charge >= 0.3 is 0 Å². The van der Waals surface area contributed by atoms with Gasteiger partial charge in [0, 0.05) is 36.1 Å². The molecule has 13 heteroatoms. The van der Waals surface area contributed by atoms with Crippen LogP contribution >= 0.6 is 34.8 Å². The number of halogens is 3. The van der Waals surface area contributed by atoms with E-state index in [4.69, 9.17) is 49.0 Å². The van der Waals surface area contributed by atoms with Gasteiger partial charge in [-0.1, -0.05) is 23.2 Å². The molecule has 1 aliphatic rings. The molecule has 1 aliphatic heterocycles. The number of hydrogen-bond acceptors (Lipinski definition) is 8. The summed E-state index contributed by atoms with van der Waals surface area (Å²) in [5, 5.41) is 4.80. The van der Waals surface area contributed by atoms with Crippen LogP contribution in [0.15, 0.2) is 36.7 Å². The summed E-state index contributed by atoms with van der Waals surface area (Å²) in [7, 11) is -1.86. The number of ether oxygens (including phenoxy) is 3. The molecular formula is C23H25Cl3N4O5S. The van der Waals surface area contributed by atoms with Crippen molar-refractivity contribution in [3.8, 4) is 11.5 Å². The molecule has 1 atom stereocenters. The van der Waals surface area contributed by atoms with Gasteiger partial charge in [-0.05, 0) is 30.7 Å². The van der Waals surface area contributed by atoms with Gasteiger partial charge in [0.25, 0.3) is 0 Å². The molecule has 1 saturated heterocycles. The minimum Gasteiger partial charge on any atom is -0.493 e. The molecule has 2 heterocycles. The normalized spacial score (nSPS) is 16.7. The Morgan fingerprint density at radius 3 is 2.75 bits per heavy atom. The molecule has 1 N–H and O–H groups in total. The van der Waals surface area contributed by atoms with E-state index in [1.807, 2.05) is 0 Å². The summed E-state index contributed by atoms with van der Waals surface area (Å²) in [6.07, 6.45) is 1.41. The van der Waals surface area contributed by atoms with Crippen LogP contribution in [-0.2, 0) is 14.8 Å². The number of alkyl halides is 1. The Morgan fingerprint density at radius 2 is 2.00 bits per heavy atom. The molecule has 4 rings (SSSR count). The second kappa shape index (κ2) is 12.0. The van der Waals surface area contributed by atoms with Crippen LogP contribution in [0, 0.1) is 0 Å². The molecule has 0 aliphatic carbocycles. The van der Waals surface area contributed by atoms with Gasteiger partial charge in [0.15, 0.2) is 11.5 Å². The second-order valence-electron chi connectivity index (χ2n) is 8.02. The molecule has 1 unspecified atom stereocenters. The summed E-state index contributed by atoms with van der Waals surface area (Å²) in [6.45, 7) is 0.954. The van der Waals surface area contributed by atoms with Crippen molar-refractivity contribution in [2.24, 2.45) is 0 Å². The Morgan fingerprint density at radius 1 is 1.17 bits per heavy atom. The summed E-state index contributed by atoms with van der Waals surface area (Å²) in [6, 6.07) is 8.71. The average Bonchev–Trinajstić information content (AvgIpc) is 2.88. The van der Waals surface area contributed by atoms with Crippen LogP contribution in [0.5, 0.6) is 11.5 Å². The number of aromatic nitrogens is 2. The van der Waals surface area contributed by atoms with Gasteiger partial charge in [0.1, 0.15) is 24.9 Å². The topological polar surface area (TPSA) is 103 Å². The number of methoxy groups -OCH3 is 1. The fourth-order valence-electron chi connectivity index (χ4n) is 3.74. The Hall–Kier alpha value is -2.08. The first-order valence-corrected chi connectivity index (χ1v) is 14.0. The van der Waals surface area contributed by atoms with Gasteiger partial charge in [0.2, 0.25) is 10.0 Å². The lowest BCUT2D eigenvalue weighted by atomic mass is 10.2. The van der Waals surface area contributed by atoms with E-state index in [1.165, 1.54) is 17.7 Å². The molecule has 194 valence electrons. The standard InChI is InChI=1S/C23H25Cl3N4O5S/c1-33-21-10-17-20(27-14-28-23(17)29-15-3-4-18(25)19(26)9-15)11-22(21)35-13-16-12-30(6-7-34-16)36(31,32)8-2-5-24/h3-4,9-11,14,16H,2,5-8,12-13H2,1H3,(H,27,28,29). The van der Waals surface area contributed by atoms with Crippen molar-refractivity contribution in [2.75, 3.05) is 50.4 Å². The van der Waals surface area contributed by atoms with Crippen LogP contribution in [0.3, 0.4) is 0 Å². The van der Waals surface area contributed by atoms with E-state index in [2.05, 4.69) is 15.3 Å². The Kier molecular flexibility index (Phi) is 8.97. The van der Waals surface area contributed by atoms with Gasteiger partial charge in [-0.3, -0.25) is 0 Å². The number of morpholine rings is 1. The first-order chi connectivity index (χ1) is 17.3. The highest BCUT2D eigenvalue weighted by molar-refractivity contribution is 7.89. The van der Waals surface area contributed by atoms with Crippen molar-refractivity contribution >= 4 is 67.2 Å². The minimum atomic E-state index is -3.39. The molecule has 36 heavy (non-hydrogen) atoms. The monoisotopic (exact) mass is 574 g/mol. The SMILES string of the molecule is COc1cc2c(Nc3ccc(Cl)c(Cl)c3)ncnc2cc1OCC1CN(S(=O)(=O)CCCCl)CCO1. The van der Waals surface area contributed by atoms with Gasteiger partial charge in [-0.25, -0.2) is 18.4 Å². The summed E-state index contributed by atoms with van der Waals surface area (Å²) < 4.78 is 43.8. The Labute approximate surface area is 224 Å². The molecule has 0 spiro atoms. The van der Waals surface area contributed by atoms with Crippen molar-refractivity contribution in [3.05, 3.63) is 46.7 Å². The number of hydrogen-bond donors (Lipinski definition) is 1. The lowest BCUT2D eigenvalue weighted by Gasteiger charge is -2.32. The first-order valence-electron chi connectivity index (χ1n) is 11.1. The fraction of sp³-hybridized carbons (Fsp3) is 0.391. The number of benzene rings is 2. The maximum Gasteiger partial charge on any atom is 0.214 e. The minimum absolute atomic E-state index is 0.0148. The molecule has 0 radical (unpaired) electrons. The van der Waals surface area contributed by atoms with E-state index < -0.39 is 16.1 Å². The summed E-state index contributed by atoms with van der Waals surface area (Å²) in [4.78, 5) is 8.70. The van der Waals surface area contributed by atoms with Crippen LogP contribution in [-0.4, -0.2) is 73.8 Å². The number of rotatable bonds is 10. The van der Waals surface area contributed by atoms with Crippen molar-refractivity contribution in [3.63, 3.8) is 0 Å². The number of nitrogens with one attached hydrogen (secondary N) is 1. The third-order valence-corrected chi connectivity index (χ3v) is 8.49. The van der Waals surface area contributed by atoms with Crippen molar-refractivity contribution < 1.29 is 22.6 Å². The first kappa shape index (κ1) is 27.0. The van der Waals surface area contributed by atoms with Crippen LogP contribution < -0.4 is 14.8 Å². The Bertz CT molecular complexity index is 1330.